The Morgan fingerprint density at radius 3 is 2.61 bits per heavy atom. The number of hydrogen-bond donors (Lipinski definition) is 1. The fourth-order valence-electron chi connectivity index (χ4n) is 2.02. The van der Waals surface area contributed by atoms with Crippen LogP contribution in [0.2, 0.25) is 0 Å². The molecule has 0 fully saturated rings. The molecule has 90 valence electrons. The predicted octanol–water partition coefficient (Wildman–Crippen LogP) is 2.01. The number of anilines is 1. The van der Waals surface area contributed by atoms with Gasteiger partial charge in [-0.15, -0.1) is 0 Å². The Hall–Kier alpha value is -2.43. The van der Waals surface area contributed by atoms with Gasteiger partial charge in [-0.2, -0.15) is 5.10 Å². The third-order valence-electron chi connectivity index (χ3n) is 3.07. The monoisotopic (exact) mass is 239 g/mol. The van der Waals surface area contributed by atoms with E-state index in [4.69, 9.17) is 5.73 Å². The van der Waals surface area contributed by atoms with E-state index in [1.54, 1.807) is 11.0 Å². The van der Waals surface area contributed by atoms with Crippen molar-refractivity contribution in [1.29, 1.82) is 0 Å². The molecule has 3 aromatic rings. The first kappa shape index (κ1) is 10.7. The highest BCUT2D eigenvalue weighted by Crippen LogP contribution is 2.22. The molecule has 0 spiro atoms. The van der Waals surface area contributed by atoms with Crippen LogP contribution in [-0.4, -0.2) is 19.7 Å². The summed E-state index contributed by atoms with van der Waals surface area (Å²) in [6, 6.07) is 7.85. The van der Waals surface area contributed by atoms with E-state index in [1.165, 1.54) is 0 Å². The minimum Gasteiger partial charge on any atom is -0.396 e. The Bertz CT molecular complexity index is 724. The van der Waals surface area contributed by atoms with Gasteiger partial charge in [0.2, 0.25) is 0 Å². The largest absolute Gasteiger partial charge is 0.396 e. The van der Waals surface area contributed by atoms with E-state index >= 15 is 0 Å². The van der Waals surface area contributed by atoms with Crippen LogP contribution in [0.5, 0.6) is 0 Å². The summed E-state index contributed by atoms with van der Waals surface area (Å²) >= 11 is 0. The summed E-state index contributed by atoms with van der Waals surface area (Å²) in [5, 5.41) is 5.40. The number of para-hydroxylation sites is 1. The van der Waals surface area contributed by atoms with E-state index in [0.29, 0.717) is 5.69 Å². The number of nitrogens with two attached hydrogens (primary N) is 1. The molecular weight excluding hydrogens is 226 g/mol. The first-order chi connectivity index (χ1) is 8.68. The summed E-state index contributed by atoms with van der Waals surface area (Å²) in [5.74, 6) is 0.762. The Morgan fingerprint density at radius 1 is 1.11 bits per heavy atom. The van der Waals surface area contributed by atoms with Gasteiger partial charge in [0.25, 0.3) is 0 Å². The van der Waals surface area contributed by atoms with Crippen LogP contribution in [0.25, 0.3) is 16.7 Å². The number of rotatable bonds is 1. The maximum absolute atomic E-state index is 5.96. The molecule has 2 heterocycles. The van der Waals surface area contributed by atoms with E-state index in [2.05, 4.69) is 15.1 Å². The van der Waals surface area contributed by atoms with Gasteiger partial charge in [-0.05, 0) is 26.0 Å². The van der Waals surface area contributed by atoms with E-state index in [-0.39, 0.29) is 0 Å². The van der Waals surface area contributed by atoms with Crippen molar-refractivity contribution in [2.75, 3.05) is 5.73 Å². The quantitative estimate of drug-likeness (QED) is 0.705. The molecule has 0 aliphatic carbocycles. The molecule has 0 aliphatic heterocycles. The van der Waals surface area contributed by atoms with E-state index in [9.17, 15) is 0 Å². The maximum Gasteiger partial charge on any atom is 0.164 e. The fraction of sp³-hybridized carbons (Fsp3) is 0.154. The lowest BCUT2D eigenvalue weighted by atomic mass is 10.2. The highest BCUT2D eigenvalue weighted by Gasteiger charge is 2.13. The van der Waals surface area contributed by atoms with Crippen molar-refractivity contribution in [2.24, 2.45) is 0 Å². The Morgan fingerprint density at radius 2 is 1.89 bits per heavy atom. The Balaban J connectivity index is 2.35. The van der Waals surface area contributed by atoms with Crippen LogP contribution in [0.15, 0.2) is 30.6 Å². The van der Waals surface area contributed by atoms with Gasteiger partial charge in [0.1, 0.15) is 6.33 Å². The van der Waals surface area contributed by atoms with Gasteiger partial charge in [0, 0.05) is 5.39 Å². The van der Waals surface area contributed by atoms with Gasteiger partial charge >= 0.3 is 0 Å². The van der Waals surface area contributed by atoms with E-state index < -0.39 is 0 Å². The van der Waals surface area contributed by atoms with Crippen molar-refractivity contribution >= 4 is 16.6 Å². The zero-order chi connectivity index (χ0) is 12.7. The second-order valence-electron chi connectivity index (χ2n) is 4.21. The van der Waals surface area contributed by atoms with Crippen LogP contribution in [0.4, 0.5) is 5.69 Å². The van der Waals surface area contributed by atoms with Crippen molar-refractivity contribution in [3.8, 4) is 5.82 Å². The van der Waals surface area contributed by atoms with Crippen LogP contribution < -0.4 is 5.73 Å². The molecule has 0 unspecified atom stereocenters. The summed E-state index contributed by atoms with van der Waals surface area (Å²) in [6.45, 7) is 3.83. The summed E-state index contributed by atoms with van der Waals surface area (Å²) in [6.07, 6.45) is 1.55. The van der Waals surface area contributed by atoms with E-state index in [1.807, 2.05) is 38.1 Å². The normalized spacial score (nSPS) is 11.0. The SMILES string of the molecule is Cc1nn(-c2ncnc3ccccc23)c(C)c1N. The van der Waals surface area contributed by atoms with Gasteiger partial charge in [-0.3, -0.25) is 0 Å². The lowest BCUT2D eigenvalue weighted by Gasteiger charge is -2.06. The van der Waals surface area contributed by atoms with Crippen molar-refractivity contribution in [1.82, 2.24) is 19.7 Å². The Kier molecular flexibility index (Phi) is 2.26. The van der Waals surface area contributed by atoms with Crippen molar-refractivity contribution in [3.05, 3.63) is 42.0 Å². The van der Waals surface area contributed by atoms with Crippen LogP contribution >= 0.6 is 0 Å². The summed E-state index contributed by atoms with van der Waals surface area (Å²) < 4.78 is 1.77. The van der Waals surface area contributed by atoms with Crippen molar-refractivity contribution in [3.63, 3.8) is 0 Å². The Labute approximate surface area is 104 Å². The molecule has 0 saturated carbocycles. The first-order valence-corrected chi connectivity index (χ1v) is 5.70. The lowest BCUT2D eigenvalue weighted by Crippen LogP contribution is -2.03. The fourth-order valence-corrected chi connectivity index (χ4v) is 2.02. The highest BCUT2D eigenvalue weighted by molar-refractivity contribution is 5.85. The maximum atomic E-state index is 5.96. The summed E-state index contributed by atoms with van der Waals surface area (Å²) in [4.78, 5) is 8.57. The molecule has 2 aromatic heterocycles. The van der Waals surface area contributed by atoms with Crippen LogP contribution in [-0.2, 0) is 0 Å². The van der Waals surface area contributed by atoms with Gasteiger partial charge in [0.05, 0.1) is 22.6 Å². The van der Waals surface area contributed by atoms with E-state index in [0.717, 1.165) is 28.1 Å². The number of aryl methyl sites for hydroxylation is 1. The number of benzene rings is 1. The summed E-state index contributed by atoms with van der Waals surface area (Å²) in [7, 11) is 0. The van der Waals surface area contributed by atoms with Crippen molar-refractivity contribution < 1.29 is 0 Å². The topological polar surface area (TPSA) is 69.6 Å². The van der Waals surface area contributed by atoms with Gasteiger partial charge < -0.3 is 5.73 Å². The third-order valence-corrected chi connectivity index (χ3v) is 3.07. The number of fused-ring (bicyclic) bond motifs is 1. The van der Waals surface area contributed by atoms with Gasteiger partial charge in [-0.1, -0.05) is 12.1 Å². The molecule has 18 heavy (non-hydrogen) atoms. The lowest BCUT2D eigenvalue weighted by molar-refractivity contribution is 0.810. The molecule has 0 atom stereocenters. The standard InChI is InChI=1S/C13H13N5/c1-8-12(14)9(2)18(17-8)13-10-5-3-4-6-11(10)15-7-16-13/h3-7H,14H2,1-2H3. The average Bonchev–Trinajstić information content (AvgIpc) is 2.66. The molecule has 0 bridgehead atoms. The predicted molar refractivity (Wildman–Crippen MR) is 70.5 cm³/mol. The molecular formula is C13H13N5. The van der Waals surface area contributed by atoms with Crippen molar-refractivity contribution in [2.45, 2.75) is 13.8 Å². The number of hydrogen-bond acceptors (Lipinski definition) is 4. The number of nitrogens with zero attached hydrogens (tertiary/aromatic N) is 4. The number of aromatic nitrogens is 4. The minimum atomic E-state index is 0.706. The smallest absolute Gasteiger partial charge is 0.164 e. The van der Waals surface area contributed by atoms with Gasteiger partial charge in [-0.25, -0.2) is 14.6 Å². The second kappa shape index (κ2) is 3.80. The molecule has 2 N–H and O–H groups in total. The molecule has 1 aromatic carbocycles. The number of nitrogen functional groups attached to an aromatic ring is 1. The van der Waals surface area contributed by atoms with Crippen LogP contribution in [0.3, 0.4) is 0 Å². The molecule has 0 saturated heterocycles. The molecule has 0 amide bonds. The summed E-state index contributed by atoms with van der Waals surface area (Å²) in [5.41, 5.74) is 9.27. The minimum absolute atomic E-state index is 0.706. The molecule has 0 aliphatic rings. The zero-order valence-corrected chi connectivity index (χ0v) is 10.3. The molecule has 3 rings (SSSR count). The molecule has 0 radical (unpaired) electrons. The molecule has 5 heteroatoms. The third kappa shape index (κ3) is 1.44. The molecule has 5 nitrogen and oxygen atoms in total. The van der Waals surface area contributed by atoms with Crippen LogP contribution in [0, 0.1) is 13.8 Å². The first-order valence-electron chi connectivity index (χ1n) is 5.70. The highest BCUT2D eigenvalue weighted by atomic mass is 15.3. The van der Waals surface area contributed by atoms with Gasteiger partial charge in [0.15, 0.2) is 5.82 Å². The zero-order valence-electron chi connectivity index (χ0n) is 10.3. The second-order valence-corrected chi connectivity index (χ2v) is 4.21. The average molecular weight is 239 g/mol. The van der Waals surface area contributed by atoms with Crippen LogP contribution in [0.1, 0.15) is 11.4 Å².